The van der Waals surface area contributed by atoms with Crippen LogP contribution in [0.25, 0.3) is 103 Å². The van der Waals surface area contributed by atoms with E-state index in [4.69, 9.17) is 13.1 Å². The molecule has 5 heteroatoms. The molecule has 0 N–H and O–H groups in total. The predicted octanol–water partition coefficient (Wildman–Crippen LogP) is 13.7. The Morgan fingerprint density at radius 1 is 0.345 bits per heavy atom. The van der Waals surface area contributed by atoms with Crippen LogP contribution in [0.3, 0.4) is 0 Å². The summed E-state index contributed by atoms with van der Waals surface area (Å²) < 4.78 is 6.88. The van der Waals surface area contributed by atoms with Crippen molar-refractivity contribution in [2.45, 2.75) is 0 Å². The molecule has 3 heterocycles. The summed E-state index contributed by atoms with van der Waals surface area (Å²) in [7, 11) is 0. The Bertz CT molecular complexity index is 3420. The van der Waals surface area contributed by atoms with Crippen LogP contribution < -0.4 is 0 Å². The predicted molar refractivity (Wildman–Crippen MR) is 227 cm³/mol. The third kappa shape index (κ3) is 4.39. The molecule has 0 saturated carbocycles. The zero-order chi connectivity index (χ0) is 36.6. The molecule has 8 aromatic carbocycles. The lowest BCUT2D eigenvalue weighted by Crippen LogP contribution is -1.99. The average Bonchev–Trinajstić information content (AvgIpc) is 3.89. The highest BCUT2D eigenvalue weighted by Gasteiger charge is 2.21. The summed E-state index contributed by atoms with van der Waals surface area (Å²) in [4.78, 5) is 7.96. The second kappa shape index (κ2) is 11.8. The smallest absolute Gasteiger partial charge is 0.211 e. The van der Waals surface area contributed by atoms with Crippen molar-refractivity contribution in [1.82, 2.24) is 13.7 Å². The van der Waals surface area contributed by atoms with Crippen LogP contribution in [0, 0.1) is 13.1 Å². The van der Waals surface area contributed by atoms with E-state index in [1.807, 2.05) is 36.4 Å². The molecule has 0 amide bonds. The maximum absolute atomic E-state index is 8.41. The molecule has 3 aromatic heterocycles. The van der Waals surface area contributed by atoms with Gasteiger partial charge in [-0.2, -0.15) is 0 Å². The van der Waals surface area contributed by atoms with Crippen LogP contribution in [-0.4, -0.2) is 13.7 Å². The van der Waals surface area contributed by atoms with Gasteiger partial charge in [0.05, 0.1) is 52.1 Å². The fourth-order valence-corrected chi connectivity index (χ4v) is 8.79. The number of fused-ring (bicyclic) bond motifs is 9. The SMILES string of the molecule is [C-]#[N+]c1cc(-c2ccccc2-n2c3ccccc3c3ccc(-n4c5ccccc5c5ccccc54)cc32)ccc1-n1c2ccccc2c2c([N+]#[C-])cccc21. The zero-order valence-corrected chi connectivity index (χ0v) is 29.5. The lowest BCUT2D eigenvalue weighted by atomic mass is 10.0. The van der Waals surface area contributed by atoms with Crippen LogP contribution in [-0.2, 0) is 0 Å². The number of benzene rings is 8. The van der Waals surface area contributed by atoms with Gasteiger partial charge in [0.15, 0.2) is 5.69 Å². The molecule has 0 aliphatic heterocycles. The van der Waals surface area contributed by atoms with E-state index in [0.29, 0.717) is 11.4 Å². The van der Waals surface area contributed by atoms with Crippen LogP contribution >= 0.6 is 0 Å². The normalized spacial score (nSPS) is 11.6. The van der Waals surface area contributed by atoms with E-state index in [1.165, 1.54) is 32.6 Å². The van der Waals surface area contributed by atoms with Crippen molar-refractivity contribution >= 4 is 76.8 Å². The minimum atomic E-state index is 0.541. The van der Waals surface area contributed by atoms with Gasteiger partial charge >= 0.3 is 0 Å². The molecule has 0 bridgehead atoms. The van der Waals surface area contributed by atoms with Crippen LogP contribution in [0.1, 0.15) is 0 Å². The first-order chi connectivity index (χ1) is 27.2. The van der Waals surface area contributed by atoms with Crippen LogP contribution in [0.4, 0.5) is 11.4 Å². The fourth-order valence-electron chi connectivity index (χ4n) is 8.79. The number of para-hydroxylation sites is 5. The quantitative estimate of drug-likeness (QED) is 0.163. The number of hydrogen-bond donors (Lipinski definition) is 0. The second-order valence-electron chi connectivity index (χ2n) is 13.9. The topological polar surface area (TPSA) is 23.5 Å². The number of rotatable bonds is 4. The lowest BCUT2D eigenvalue weighted by molar-refractivity contribution is 1.15. The van der Waals surface area contributed by atoms with E-state index in [2.05, 4.69) is 163 Å². The van der Waals surface area contributed by atoms with Gasteiger partial charge in [-0.1, -0.05) is 115 Å². The monoisotopic (exact) mass is 699 g/mol. The molecule has 254 valence electrons. The first-order valence-electron chi connectivity index (χ1n) is 18.3. The Morgan fingerprint density at radius 3 is 1.55 bits per heavy atom. The summed E-state index contributed by atoms with van der Waals surface area (Å²) in [5.41, 5.74) is 12.5. The van der Waals surface area contributed by atoms with E-state index in [9.17, 15) is 0 Å². The molecule has 0 saturated heterocycles. The first-order valence-corrected chi connectivity index (χ1v) is 18.3. The Balaban J connectivity index is 1.14. The lowest BCUT2D eigenvalue weighted by Gasteiger charge is -2.16. The van der Waals surface area contributed by atoms with E-state index in [1.54, 1.807) is 0 Å². The van der Waals surface area contributed by atoms with Crippen LogP contribution in [0.5, 0.6) is 0 Å². The van der Waals surface area contributed by atoms with Crippen molar-refractivity contribution in [3.8, 4) is 28.2 Å². The first kappa shape index (κ1) is 30.7. The van der Waals surface area contributed by atoms with E-state index < -0.39 is 0 Å². The van der Waals surface area contributed by atoms with Gasteiger partial charge in [0, 0.05) is 43.7 Å². The molecule has 0 aliphatic rings. The minimum absolute atomic E-state index is 0.541. The molecule has 0 aliphatic carbocycles. The number of nitrogens with zero attached hydrogens (tertiary/aromatic N) is 5. The van der Waals surface area contributed by atoms with Crippen molar-refractivity contribution in [3.05, 3.63) is 199 Å². The number of hydrogen-bond acceptors (Lipinski definition) is 0. The fraction of sp³-hybridized carbons (Fsp3) is 0. The van der Waals surface area contributed by atoms with Crippen molar-refractivity contribution in [2.75, 3.05) is 0 Å². The maximum Gasteiger partial charge on any atom is 0.211 e. The molecule has 55 heavy (non-hydrogen) atoms. The van der Waals surface area contributed by atoms with Gasteiger partial charge in [-0.3, -0.25) is 0 Å². The summed E-state index contributed by atoms with van der Waals surface area (Å²) in [5.74, 6) is 0. The standard InChI is InChI=1S/C50H29N5/c1-51-40-19-13-25-48-50(40)39-18-7-12-24-46(39)55(48)47-29-26-32(30-41(47)52-2)34-14-3-8-20-42(34)54-45-23-11-6-17-37(45)38-28-27-33(31-49(38)54)53-43-21-9-4-15-35(43)36-16-5-10-22-44(36)53/h3-31H. The highest BCUT2D eigenvalue weighted by molar-refractivity contribution is 6.16. The highest BCUT2D eigenvalue weighted by Crippen LogP contribution is 2.43. The molecule has 0 spiro atoms. The molecule has 0 radical (unpaired) electrons. The van der Waals surface area contributed by atoms with Gasteiger partial charge in [0.1, 0.15) is 0 Å². The molecule has 0 atom stereocenters. The van der Waals surface area contributed by atoms with E-state index >= 15 is 0 Å². The molecule has 0 unspecified atom stereocenters. The number of aromatic nitrogens is 3. The molecular formula is C50H29N5. The molecule has 0 fully saturated rings. The average molecular weight is 700 g/mol. The van der Waals surface area contributed by atoms with Gasteiger partial charge in [-0.25, -0.2) is 9.69 Å². The molecule has 5 nitrogen and oxygen atoms in total. The van der Waals surface area contributed by atoms with Crippen molar-refractivity contribution in [3.63, 3.8) is 0 Å². The Labute approximate surface area is 316 Å². The summed E-state index contributed by atoms with van der Waals surface area (Å²) in [6, 6.07) is 61.3. The van der Waals surface area contributed by atoms with Crippen LogP contribution in [0.15, 0.2) is 176 Å². The summed E-state index contributed by atoms with van der Waals surface area (Å²) in [6.07, 6.45) is 0. The van der Waals surface area contributed by atoms with Gasteiger partial charge in [0.2, 0.25) is 5.69 Å². The van der Waals surface area contributed by atoms with Crippen LogP contribution in [0.2, 0.25) is 0 Å². The molecule has 11 aromatic rings. The Hall–Kier alpha value is -7.86. The van der Waals surface area contributed by atoms with Gasteiger partial charge in [-0.05, 0) is 71.6 Å². The van der Waals surface area contributed by atoms with Gasteiger partial charge < -0.3 is 13.7 Å². The van der Waals surface area contributed by atoms with Crippen molar-refractivity contribution in [2.24, 2.45) is 0 Å². The summed E-state index contributed by atoms with van der Waals surface area (Å²) >= 11 is 0. The zero-order valence-electron chi connectivity index (χ0n) is 29.5. The van der Waals surface area contributed by atoms with Crippen molar-refractivity contribution in [1.29, 1.82) is 0 Å². The maximum atomic E-state index is 8.41. The highest BCUT2D eigenvalue weighted by atomic mass is 15.0. The third-order valence-electron chi connectivity index (χ3n) is 11.1. The summed E-state index contributed by atoms with van der Waals surface area (Å²) in [5, 5.41) is 6.73. The Morgan fingerprint density at radius 2 is 0.873 bits per heavy atom. The molecule has 11 rings (SSSR count). The summed E-state index contributed by atoms with van der Waals surface area (Å²) in [6.45, 7) is 16.3. The third-order valence-corrected chi connectivity index (χ3v) is 11.1. The minimum Gasteiger partial charge on any atom is -0.320 e. The van der Waals surface area contributed by atoms with E-state index in [0.717, 1.165) is 61.0 Å². The Kier molecular flexibility index (Phi) is 6.61. The van der Waals surface area contributed by atoms with Crippen molar-refractivity contribution < 1.29 is 0 Å². The largest absolute Gasteiger partial charge is 0.320 e. The van der Waals surface area contributed by atoms with Gasteiger partial charge in [0.25, 0.3) is 0 Å². The second-order valence-corrected chi connectivity index (χ2v) is 13.9. The van der Waals surface area contributed by atoms with E-state index in [-0.39, 0.29) is 0 Å². The molecular weight excluding hydrogens is 671 g/mol. The van der Waals surface area contributed by atoms with Gasteiger partial charge in [-0.15, -0.1) is 0 Å².